The number of nitrogens with two attached hydrogens (primary N) is 1. The fourth-order valence-corrected chi connectivity index (χ4v) is 4.27. The molecule has 8 nitrogen and oxygen atoms in total. The summed E-state index contributed by atoms with van der Waals surface area (Å²) in [6.45, 7) is 3.49. The number of nitrogens with zero attached hydrogens (tertiary/aromatic N) is 3. The SMILES string of the molecule is COc1cc(Nc2ccc3nc(C)nc(N[C@H](C)c4cc(N)cc(C(F)(F)F)c4)c3c2)ccc1CC(=O)N(C)C. The van der Waals surface area contributed by atoms with Crippen LogP contribution in [-0.4, -0.2) is 42.0 Å². The molecule has 0 radical (unpaired) electrons. The molecule has 0 unspecified atom stereocenters. The van der Waals surface area contributed by atoms with Crippen molar-refractivity contribution in [3.8, 4) is 5.75 Å². The Hall–Kier alpha value is -4.54. The van der Waals surface area contributed by atoms with Gasteiger partial charge in [0.25, 0.3) is 0 Å². The molecule has 0 bridgehead atoms. The van der Waals surface area contributed by atoms with Gasteiger partial charge in [0.1, 0.15) is 17.4 Å². The molecule has 3 aromatic carbocycles. The number of amides is 1. The summed E-state index contributed by atoms with van der Waals surface area (Å²) in [6, 6.07) is 14.1. The maximum absolute atomic E-state index is 13.4. The van der Waals surface area contributed by atoms with E-state index >= 15 is 0 Å². The number of methoxy groups -OCH3 is 1. The Bertz CT molecular complexity index is 1560. The molecule has 0 saturated heterocycles. The van der Waals surface area contributed by atoms with Crippen LogP contribution >= 0.6 is 0 Å². The number of aryl methyl sites for hydroxylation is 1. The second kappa shape index (κ2) is 11.3. The van der Waals surface area contributed by atoms with Crippen LogP contribution in [0.15, 0.2) is 54.6 Å². The van der Waals surface area contributed by atoms with E-state index in [1.165, 1.54) is 11.0 Å². The highest BCUT2D eigenvalue weighted by Gasteiger charge is 2.31. The van der Waals surface area contributed by atoms with Crippen LogP contribution in [-0.2, 0) is 17.4 Å². The number of nitrogens with one attached hydrogen (secondary N) is 2. The van der Waals surface area contributed by atoms with Crippen LogP contribution in [0, 0.1) is 6.92 Å². The van der Waals surface area contributed by atoms with E-state index in [0.29, 0.717) is 33.9 Å². The van der Waals surface area contributed by atoms with Crippen LogP contribution in [0.5, 0.6) is 5.75 Å². The van der Waals surface area contributed by atoms with Crippen molar-refractivity contribution in [2.75, 3.05) is 37.6 Å². The number of benzene rings is 3. The summed E-state index contributed by atoms with van der Waals surface area (Å²) in [4.78, 5) is 22.7. The van der Waals surface area contributed by atoms with Gasteiger partial charge < -0.3 is 26.0 Å². The normalized spacial score (nSPS) is 12.2. The van der Waals surface area contributed by atoms with E-state index in [2.05, 4.69) is 20.6 Å². The minimum Gasteiger partial charge on any atom is -0.496 e. The van der Waals surface area contributed by atoms with Gasteiger partial charge in [-0.15, -0.1) is 0 Å². The highest BCUT2D eigenvalue weighted by Crippen LogP contribution is 2.34. The van der Waals surface area contributed by atoms with Crippen LogP contribution < -0.4 is 21.1 Å². The Labute approximate surface area is 230 Å². The standard InChI is InChI=1S/C29H31F3N6O2/c1-16(19-10-20(29(30,31)32)13-21(33)11-19)34-28-24-14-22(8-9-25(24)35-17(2)36-28)37-23-7-6-18(26(15-23)40-5)12-27(39)38(3)4/h6-11,13-16,37H,12,33H2,1-5H3,(H,34,35,36)/t16-/m1/s1. The first-order valence-corrected chi connectivity index (χ1v) is 12.5. The van der Waals surface area contributed by atoms with Gasteiger partial charge in [-0.1, -0.05) is 6.07 Å². The Kier molecular flexibility index (Phi) is 8.03. The lowest BCUT2D eigenvalue weighted by Crippen LogP contribution is -2.23. The Morgan fingerprint density at radius 3 is 2.42 bits per heavy atom. The van der Waals surface area contributed by atoms with E-state index in [1.807, 2.05) is 36.4 Å². The number of halogens is 3. The summed E-state index contributed by atoms with van der Waals surface area (Å²) in [5, 5.41) is 7.25. The van der Waals surface area contributed by atoms with Gasteiger partial charge in [0.2, 0.25) is 5.91 Å². The maximum Gasteiger partial charge on any atom is 0.416 e. The molecule has 0 aliphatic rings. The molecule has 0 fully saturated rings. The van der Waals surface area contributed by atoms with E-state index in [9.17, 15) is 18.0 Å². The van der Waals surface area contributed by atoms with Gasteiger partial charge in [-0.3, -0.25) is 4.79 Å². The first-order valence-electron chi connectivity index (χ1n) is 12.5. The highest BCUT2D eigenvalue weighted by atomic mass is 19.4. The number of ether oxygens (including phenoxy) is 1. The van der Waals surface area contributed by atoms with Crippen LogP contribution in [0.25, 0.3) is 10.9 Å². The molecule has 0 spiro atoms. The van der Waals surface area contributed by atoms with Crippen molar-refractivity contribution < 1.29 is 22.7 Å². The van der Waals surface area contributed by atoms with E-state index < -0.39 is 17.8 Å². The summed E-state index contributed by atoms with van der Waals surface area (Å²) >= 11 is 0. The fraction of sp³-hybridized carbons (Fsp3) is 0.276. The van der Waals surface area contributed by atoms with Gasteiger partial charge in [-0.25, -0.2) is 9.97 Å². The van der Waals surface area contributed by atoms with Gasteiger partial charge in [-0.2, -0.15) is 13.2 Å². The predicted molar refractivity (Wildman–Crippen MR) is 151 cm³/mol. The fourth-order valence-electron chi connectivity index (χ4n) is 4.27. The van der Waals surface area contributed by atoms with E-state index in [-0.39, 0.29) is 18.0 Å². The van der Waals surface area contributed by atoms with E-state index in [4.69, 9.17) is 10.5 Å². The van der Waals surface area contributed by atoms with Crippen LogP contribution in [0.3, 0.4) is 0 Å². The molecule has 0 aliphatic carbocycles. The Morgan fingerprint density at radius 1 is 1.05 bits per heavy atom. The molecule has 0 aliphatic heterocycles. The number of likely N-dealkylation sites (N-methyl/N-ethyl adjacent to an activating group) is 1. The second-order valence-corrected chi connectivity index (χ2v) is 9.72. The second-order valence-electron chi connectivity index (χ2n) is 9.72. The largest absolute Gasteiger partial charge is 0.496 e. The van der Waals surface area contributed by atoms with Gasteiger partial charge >= 0.3 is 6.18 Å². The number of hydrogen-bond acceptors (Lipinski definition) is 7. The topological polar surface area (TPSA) is 105 Å². The molecule has 1 atom stereocenters. The average molecular weight is 553 g/mol. The first-order chi connectivity index (χ1) is 18.8. The van der Waals surface area contributed by atoms with Gasteiger partial charge in [0.05, 0.1) is 30.7 Å². The molecule has 210 valence electrons. The van der Waals surface area contributed by atoms with Gasteiger partial charge in [0, 0.05) is 48.2 Å². The van der Waals surface area contributed by atoms with Crippen molar-refractivity contribution in [3.05, 3.63) is 77.1 Å². The third kappa shape index (κ3) is 6.53. The quantitative estimate of drug-likeness (QED) is 0.227. The van der Waals surface area contributed by atoms with Crippen molar-refractivity contribution in [2.24, 2.45) is 0 Å². The van der Waals surface area contributed by atoms with E-state index in [1.54, 1.807) is 35.1 Å². The minimum atomic E-state index is -4.51. The van der Waals surface area contributed by atoms with Gasteiger partial charge in [0.15, 0.2) is 0 Å². The number of aromatic nitrogens is 2. The zero-order chi connectivity index (χ0) is 29.2. The van der Waals surface area contributed by atoms with Crippen molar-refractivity contribution in [2.45, 2.75) is 32.5 Å². The molecule has 1 amide bonds. The van der Waals surface area contributed by atoms with Crippen molar-refractivity contribution >= 4 is 39.7 Å². The molecule has 1 heterocycles. The van der Waals surface area contributed by atoms with Crippen LogP contribution in [0.1, 0.15) is 35.5 Å². The summed E-state index contributed by atoms with van der Waals surface area (Å²) in [5.41, 5.74) is 8.29. The zero-order valence-electron chi connectivity index (χ0n) is 22.8. The van der Waals surface area contributed by atoms with E-state index in [0.717, 1.165) is 29.1 Å². The number of hydrogen-bond donors (Lipinski definition) is 3. The smallest absolute Gasteiger partial charge is 0.416 e. The lowest BCUT2D eigenvalue weighted by molar-refractivity contribution is -0.137. The third-order valence-electron chi connectivity index (χ3n) is 6.38. The molecule has 4 rings (SSSR count). The number of rotatable bonds is 8. The first kappa shape index (κ1) is 28.5. The molecule has 4 N–H and O–H groups in total. The molecule has 40 heavy (non-hydrogen) atoms. The average Bonchev–Trinajstić information content (AvgIpc) is 2.88. The molecule has 1 aromatic heterocycles. The highest BCUT2D eigenvalue weighted by molar-refractivity contribution is 5.92. The summed E-state index contributed by atoms with van der Waals surface area (Å²) in [5.74, 6) is 1.53. The molecule has 0 saturated carbocycles. The number of anilines is 4. The molecular formula is C29H31F3N6O2. The van der Waals surface area contributed by atoms with Crippen molar-refractivity contribution in [1.29, 1.82) is 0 Å². The maximum atomic E-state index is 13.4. The number of carbonyl (C=O) groups excluding carboxylic acids is 1. The summed E-state index contributed by atoms with van der Waals surface area (Å²) in [7, 11) is 4.96. The minimum absolute atomic E-state index is 0.0289. The Balaban J connectivity index is 1.63. The predicted octanol–water partition coefficient (Wildman–Crippen LogP) is 6.10. The number of nitrogen functional groups attached to an aromatic ring is 1. The lowest BCUT2D eigenvalue weighted by Gasteiger charge is -2.19. The van der Waals surface area contributed by atoms with Crippen molar-refractivity contribution in [1.82, 2.24) is 14.9 Å². The summed E-state index contributed by atoms with van der Waals surface area (Å²) in [6.07, 6.45) is -4.29. The van der Waals surface area contributed by atoms with Crippen LogP contribution in [0.2, 0.25) is 0 Å². The van der Waals surface area contributed by atoms with Crippen molar-refractivity contribution in [3.63, 3.8) is 0 Å². The number of fused-ring (bicyclic) bond motifs is 1. The van der Waals surface area contributed by atoms with Crippen LogP contribution in [0.4, 0.5) is 36.1 Å². The summed E-state index contributed by atoms with van der Waals surface area (Å²) < 4.78 is 45.6. The zero-order valence-corrected chi connectivity index (χ0v) is 22.8. The number of carbonyl (C=O) groups is 1. The van der Waals surface area contributed by atoms with Gasteiger partial charge in [-0.05, 0) is 61.9 Å². The molecule has 11 heteroatoms. The lowest BCUT2D eigenvalue weighted by atomic mass is 10.0. The third-order valence-corrected chi connectivity index (χ3v) is 6.38. The molecular weight excluding hydrogens is 521 g/mol. The molecule has 4 aromatic rings. The number of alkyl halides is 3. The Morgan fingerprint density at radius 2 is 1.75 bits per heavy atom. The monoisotopic (exact) mass is 552 g/mol.